The summed E-state index contributed by atoms with van der Waals surface area (Å²) in [7, 11) is 0. The fourth-order valence-electron chi connectivity index (χ4n) is 4.04. The second-order valence-electron chi connectivity index (χ2n) is 7.58. The number of hydrazine groups is 1. The Kier molecular flexibility index (Phi) is 8.14. The second kappa shape index (κ2) is 11.2. The van der Waals surface area contributed by atoms with E-state index >= 15 is 0 Å². The van der Waals surface area contributed by atoms with Gasteiger partial charge in [-0.25, -0.2) is 10.2 Å². The molecule has 8 heteroatoms. The molecule has 8 nitrogen and oxygen atoms in total. The van der Waals surface area contributed by atoms with Gasteiger partial charge in [0, 0.05) is 25.4 Å². The molecule has 2 aliphatic heterocycles. The standard InChI is InChI=1S/C23H25N3O3.H4N2/c27-22-20(15-21(24-25-22)19-9-5-2-6-10-19)18-11-13-26(14-12-18)23(28)29-16-17-7-3-1-4-8-17;1-2/h1-10,18,20H,11-16H2,(H,25,27);1-2H2. The van der Waals surface area contributed by atoms with Gasteiger partial charge in [-0.15, -0.1) is 0 Å². The van der Waals surface area contributed by atoms with Crippen LogP contribution in [-0.2, 0) is 16.1 Å². The maximum absolute atomic E-state index is 12.4. The largest absolute Gasteiger partial charge is 0.445 e. The zero-order chi connectivity index (χ0) is 22.1. The number of hydrazone groups is 1. The van der Waals surface area contributed by atoms with Crippen molar-refractivity contribution < 1.29 is 14.3 Å². The lowest BCUT2D eigenvalue weighted by Gasteiger charge is -2.36. The van der Waals surface area contributed by atoms with Gasteiger partial charge in [-0.2, -0.15) is 5.10 Å². The minimum atomic E-state index is -0.285. The van der Waals surface area contributed by atoms with Gasteiger partial charge >= 0.3 is 6.09 Å². The number of rotatable bonds is 4. The highest BCUT2D eigenvalue weighted by molar-refractivity contribution is 6.04. The maximum atomic E-state index is 12.4. The van der Waals surface area contributed by atoms with Gasteiger partial charge in [0.25, 0.3) is 0 Å². The molecule has 1 atom stereocenters. The van der Waals surface area contributed by atoms with Crippen LogP contribution in [0.1, 0.15) is 30.4 Å². The summed E-state index contributed by atoms with van der Waals surface area (Å²) in [5.74, 6) is 8.11. The highest BCUT2D eigenvalue weighted by atomic mass is 16.6. The Morgan fingerprint density at radius 3 is 2.29 bits per heavy atom. The summed E-state index contributed by atoms with van der Waals surface area (Å²) >= 11 is 0. The van der Waals surface area contributed by atoms with Crippen LogP contribution in [0.15, 0.2) is 65.8 Å². The summed E-state index contributed by atoms with van der Waals surface area (Å²) in [6.45, 7) is 1.50. The van der Waals surface area contributed by atoms with E-state index in [-0.39, 0.29) is 30.4 Å². The van der Waals surface area contributed by atoms with E-state index in [1.165, 1.54) is 0 Å². The topological polar surface area (TPSA) is 123 Å². The lowest BCUT2D eigenvalue weighted by Crippen LogP contribution is -2.45. The highest BCUT2D eigenvalue weighted by Crippen LogP contribution is 2.30. The predicted octanol–water partition coefficient (Wildman–Crippen LogP) is 2.39. The van der Waals surface area contributed by atoms with E-state index in [1.807, 2.05) is 60.7 Å². The third-order valence-electron chi connectivity index (χ3n) is 5.73. The number of nitrogens with zero attached hydrogens (tertiary/aromatic N) is 2. The molecule has 0 bridgehead atoms. The molecule has 31 heavy (non-hydrogen) atoms. The Morgan fingerprint density at radius 1 is 1.03 bits per heavy atom. The number of hydrogen-bond donors (Lipinski definition) is 3. The number of carbonyl (C=O) groups excluding carboxylic acids is 2. The third-order valence-corrected chi connectivity index (χ3v) is 5.73. The normalized spacial score (nSPS) is 18.9. The summed E-state index contributed by atoms with van der Waals surface area (Å²) in [6, 6.07) is 19.6. The molecule has 1 fully saturated rings. The molecule has 0 aliphatic carbocycles. The maximum Gasteiger partial charge on any atom is 0.410 e. The van der Waals surface area contributed by atoms with Gasteiger partial charge in [-0.05, 0) is 29.9 Å². The molecule has 0 spiro atoms. The number of nitrogens with two attached hydrogens (primary N) is 2. The average molecular weight is 424 g/mol. The Bertz CT molecular complexity index is 881. The molecule has 164 valence electrons. The van der Waals surface area contributed by atoms with E-state index in [9.17, 15) is 9.59 Å². The Hall–Kier alpha value is -3.23. The van der Waals surface area contributed by atoms with Gasteiger partial charge in [0.2, 0.25) is 5.91 Å². The van der Waals surface area contributed by atoms with Gasteiger partial charge in [0.05, 0.1) is 5.71 Å². The zero-order valence-electron chi connectivity index (χ0n) is 17.4. The van der Waals surface area contributed by atoms with E-state index in [0.717, 1.165) is 29.7 Å². The Balaban J connectivity index is 0.00000132. The van der Waals surface area contributed by atoms with Crippen molar-refractivity contribution in [2.75, 3.05) is 13.1 Å². The summed E-state index contributed by atoms with van der Waals surface area (Å²) in [5.41, 5.74) is 5.63. The van der Waals surface area contributed by atoms with Gasteiger partial charge in [-0.1, -0.05) is 60.7 Å². The van der Waals surface area contributed by atoms with Crippen molar-refractivity contribution in [3.63, 3.8) is 0 Å². The smallest absolute Gasteiger partial charge is 0.410 e. The van der Waals surface area contributed by atoms with Crippen molar-refractivity contribution in [1.82, 2.24) is 10.3 Å². The molecule has 2 aromatic rings. The zero-order valence-corrected chi connectivity index (χ0v) is 17.4. The number of amides is 2. The molecule has 1 saturated heterocycles. The first-order valence-corrected chi connectivity index (χ1v) is 10.4. The second-order valence-corrected chi connectivity index (χ2v) is 7.58. The minimum Gasteiger partial charge on any atom is -0.445 e. The number of benzene rings is 2. The van der Waals surface area contributed by atoms with Crippen molar-refractivity contribution >= 4 is 17.7 Å². The Labute approximate surface area is 182 Å². The van der Waals surface area contributed by atoms with Crippen molar-refractivity contribution in [3.05, 3.63) is 71.8 Å². The van der Waals surface area contributed by atoms with E-state index in [4.69, 9.17) is 4.74 Å². The van der Waals surface area contributed by atoms with Crippen molar-refractivity contribution in [2.24, 2.45) is 28.6 Å². The fourth-order valence-corrected chi connectivity index (χ4v) is 4.04. The number of hydrogen-bond acceptors (Lipinski definition) is 6. The molecule has 4 rings (SSSR count). The summed E-state index contributed by atoms with van der Waals surface area (Å²) in [5, 5.41) is 4.25. The van der Waals surface area contributed by atoms with Crippen LogP contribution in [0.4, 0.5) is 4.79 Å². The van der Waals surface area contributed by atoms with Crippen LogP contribution < -0.4 is 17.1 Å². The quantitative estimate of drug-likeness (QED) is 0.515. The van der Waals surface area contributed by atoms with E-state index in [0.29, 0.717) is 19.5 Å². The molecule has 2 aromatic carbocycles. The van der Waals surface area contributed by atoms with Crippen LogP contribution in [-0.4, -0.2) is 35.7 Å². The molecule has 2 heterocycles. The van der Waals surface area contributed by atoms with Crippen LogP contribution in [0.25, 0.3) is 0 Å². The van der Waals surface area contributed by atoms with Crippen LogP contribution in [0.2, 0.25) is 0 Å². The summed E-state index contributed by atoms with van der Waals surface area (Å²) in [4.78, 5) is 26.5. The molecule has 0 saturated carbocycles. The molecule has 0 radical (unpaired) electrons. The molecule has 2 amide bonds. The molecular weight excluding hydrogens is 394 g/mol. The lowest BCUT2D eigenvalue weighted by molar-refractivity contribution is -0.127. The SMILES string of the molecule is NN.O=C1NN=C(c2ccccc2)CC1C1CCN(C(=O)OCc2ccccc2)CC1. The molecule has 0 aromatic heterocycles. The van der Waals surface area contributed by atoms with Crippen LogP contribution in [0, 0.1) is 11.8 Å². The predicted molar refractivity (Wildman–Crippen MR) is 119 cm³/mol. The lowest BCUT2D eigenvalue weighted by atomic mass is 9.79. The molecule has 2 aliphatic rings. The first-order chi connectivity index (χ1) is 15.2. The number of ether oxygens (including phenoxy) is 1. The first-order valence-electron chi connectivity index (χ1n) is 10.4. The van der Waals surface area contributed by atoms with Gasteiger partial charge in [-0.3, -0.25) is 16.5 Å². The van der Waals surface area contributed by atoms with Crippen molar-refractivity contribution in [3.8, 4) is 0 Å². The van der Waals surface area contributed by atoms with Crippen molar-refractivity contribution in [2.45, 2.75) is 25.9 Å². The third kappa shape index (κ3) is 5.90. The van der Waals surface area contributed by atoms with E-state index in [1.54, 1.807) is 4.90 Å². The van der Waals surface area contributed by atoms with Crippen LogP contribution >= 0.6 is 0 Å². The van der Waals surface area contributed by atoms with Gasteiger partial charge in [0.15, 0.2) is 0 Å². The van der Waals surface area contributed by atoms with Gasteiger partial charge < -0.3 is 9.64 Å². The highest BCUT2D eigenvalue weighted by Gasteiger charge is 2.35. The Morgan fingerprint density at radius 2 is 1.65 bits per heavy atom. The molecular formula is C23H29N5O3. The minimum absolute atomic E-state index is 0.0187. The van der Waals surface area contributed by atoms with E-state index in [2.05, 4.69) is 22.2 Å². The summed E-state index contributed by atoms with van der Waals surface area (Å²) in [6.07, 6.45) is 1.94. The number of carbonyl (C=O) groups is 2. The van der Waals surface area contributed by atoms with Crippen LogP contribution in [0.5, 0.6) is 0 Å². The monoisotopic (exact) mass is 423 g/mol. The summed E-state index contributed by atoms with van der Waals surface area (Å²) < 4.78 is 5.43. The molecule has 1 unspecified atom stereocenters. The van der Waals surface area contributed by atoms with Crippen molar-refractivity contribution in [1.29, 1.82) is 0 Å². The van der Waals surface area contributed by atoms with Gasteiger partial charge in [0.1, 0.15) is 6.61 Å². The first kappa shape index (κ1) is 22.5. The average Bonchev–Trinajstić information content (AvgIpc) is 2.85. The fraction of sp³-hybridized carbons (Fsp3) is 0.348. The van der Waals surface area contributed by atoms with E-state index < -0.39 is 0 Å². The number of likely N-dealkylation sites (tertiary alicyclic amines) is 1. The van der Waals surface area contributed by atoms with Crippen LogP contribution in [0.3, 0.4) is 0 Å². The molecule has 5 N–H and O–H groups in total. The number of nitrogens with one attached hydrogen (secondary N) is 1. The number of piperidine rings is 1.